The number of fused-ring (bicyclic) bond motifs is 2. The fourth-order valence-electron chi connectivity index (χ4n) is 6.57. The third-order valence-corrected chi connectivity index (χ3v) is 11.1. The van der Waals surface area contributed by atoms with Crippen molar-refractivity contribution in [2.24, 2.45) is 23.2 Å². The van der Waals surface area contributed by atoms with Crippen LogP contribution in [0.5, 0.6) is 11.5 Å². The van der Waals surface area contributed by atoms with E-state index in [0.717, 1.165) is 23.4 Å². The zero-order valence-electron chi connectivity index (χ0n) is 23.4. The highest BCUT2D eigenvalue weighted by atomic mass is 32.2. The molecule has 0 aliphatic heterocycles. The number of hydrogen-bond acceptors (Lipinski definition) is 8. The van der Waals surface area contributed by atoms with E-state index in [1.54, 1.807) is 30.2 Å². The summed E-state index contributed by atoms with van der Waals surface area (Å²) in [4.78, 5) is 20.4. The van der Waals surface area contributed by atoms with E-state index in [-0.39, 0.29) is 50.8 Å². The van der Waals surface area contributed by atoms with Gasteiger partial charge in [-0.15, -0.1) is 17.9 Å². The molecule has 1 heterocycles. The minimum absolute atomic E-state index is 0.00465. The summed E-state index contributed by atoms with van der Waals surface area (Å²) in [5.41, 5.74) is 0.622. The van der Waals surface area contributed by atoms with E-state index >= 15 is 0 Å². The first kappa shape index (κ1) is 29.4. The Kier molecular flexibility index (Phi) is 8.35. The normalized spacial score (nSPS) is 27.1. The van der Waals surface area contributed by atoms with Crippen molar-refractivity contribution in [3.63, 3.8) is 0 Å². The number of benzene rings is 1. The van der Waals surface area contributed by atoms with Crippen LogP contribution in [0.1, 0.15) is 50.1 Å². The van der Waals surface area contributed by atoms with Crippen molar-refractivity contribution in [2.45, 2.75) is 57.0 Å². The van der Waals surface area contributed by atoms with E-state index < -0.39 is 16.1 Å². The number of sulfonamides is 1. The van der Waals surface area contributed by atoms with Gasteiger partial charge < -0.3 is 19.5 Å². The highest BCUT2D eigenvalue weighted by molar-refractivity contribution is 7.93. The molecule has 6 atom stereocenters. The van der Waals surface area contributed by atoms with Gasteiger partial charge in [0.05, 0.1) is 26.0 Å². The maximum Gasteiger partial charge on any atom is 0.267 e. The Morgan fingerprint density at radius 1 is 1.38 bits per heavy atom. The average Bonchev–Trinajstić information content (AvgIpc) is 3.28. The van der Waals surface area contributed by atoms with Crippen LogP contribution in [0.25, 0.3) is 0 Å². The highest BCUT2D eigenvalue weighted by Gasteiger charge is 2.54. The highest BCUT2D eigenvalue weighted by Crippen LogP contribution is 2.57. The van der Waals surface area contributed by atoms with Crippen molar-refractivity contribution in [2.75, 3.05) is 32.5 Å². The first-order valence-corrected chi connectivity index (χ1v) is 15.4. The summed E-state index contributed by atoms with van der Waals surface area (Å²) in [5.74, 6) is -0.0904. The fraction of sp³-hybridized carbons (Fsp3) is 0.571. The molecule has 0 saturated heterocycles. The summed E-state index contributed by atoms with van der Waals surface area (Å²) in [6.07, 6.45) is 3.33. The lowest BCUT2D eigenvalue weighted by Gasteiger charge is -2.53. The number of nitrogens with one attached hydrogen (secondary N) is 1. The first-order chi connectivity index (χ1) is 18.4. The van der Waals surface area contributed by atoms with Gasteiger partial charge in [0.15, 0.2) is 5.13 Å². The predicted molar refractivity (Wildman–Crippen MR) is 152 cm³/mol. The third kappa shape index (κ3) is 5.40. The minimum Gasteiger partial charge on any atom is -0.497 e. The second-order valence-electron chi connectivity index (χ2n) is 11.1. The lowest BCUT2D eigenvalue weighted by atomic mass is 9.53. The Hall–Kier alpha value is -2.63. The quantitative estimate of drug-likeness (QED) is 0.427. The molecule has 0 spiro atoms. The molecule has 11 heteroatoms. The van der Waals surface area contributed by atoms with Gasteiger partial charge in [-0.2, -0.15) is 0 Å². The van der Waals surface area contributed by atoms with E-state index in [2.05, 4.69) is 18.2 Å². The van der Waals surface area contributed by atoms with Crippen LogP contribution < -0.4 is 14.2 Å². The number of nitrogens with zero attached hydrogens (tertiary/aromatic N) is 2. The number of hydrogen-bond donors (Lipinski definition) is 2. The SMILES string of the molecule is C=CCN(C)C(=O)C(C)C1CCC2(C)Cc3sc(NS(=O)(=O)c4cc(OC)ccc4OC)nc3C(C)C2C1O. The molecule has 214 valence electrons. The molecule has 9 nitrogen and oxygen atoms in total. The molecule has 39 heavy (non-hydrogen) atoms. The van der Waals surface area contributed by atoms with Gasteiger partial charge in [-0.1, -0.05) is 26.8 Å². The van der Waals surface area contributed by atoms with Crippen LogP contribution in [0.15, 0.2) is 35.7 Å². The molecule has 1 fully saturated rings. The standard InChI is InChI=1S/C28H39N3O6S2/c1-8-13-31(5)26(33)16(2)19-11-12-28(4)15-21-24(17(3)23(28)25(19)32)29-27(38-21)30-39(34,35)22-14-18(36-6)9-10-20(22)37-7/h8-10,14,16-17,19,23,25,32H,1,11-13,15H2,2-7H3,(H,29,30). The Morgan fingerprint density at radius 2 is 2.10 bits per heavy atom. The number of carbonyl (C=O) groups excluding carboxylic acids is 1. The number of ether oxygens (including phenoxy) is 2. The Balaban J connectivity index is 1.60. The third-order valence-electron chi connectivity index (χ3n) is 8.61. The van der Waals surface area contributed by atoms with Gasteiger partial charge in [0.1, 0.15) is 16.4 Å². The Morgan fingerprint density at radius 3 is 2.74 bits per heavy atom. The van der Waals surface area contributed by atoms with E-state index in [0.29, 0.717) is 18.7 Å². The van der Waals surface area contributed by atoms with Crippen LogP contribution in [-0.2, 0) is 21.2 Å². The van der Waals surface area contributed by atoms with Crippen molar-refractivity contribution >= 4 is 32.4 Å². The molecule has 1 saturated carbocycles. The average molecular weight is 578 g/mol. The first-order valence-electron chi connectivity index (χ1n) is 13.1. The maximum absolute atomic E-state index is 13.3. The smallest absolute Gasteiger partial charge is 0.267 e. The summed E-state index contributed by atoms with van der Waals surface area (Å²) in [6.45, 7) is 10.3. The molecule has 2 aromatic rings. The van der Waals surface area contributed by atoms with E-state index in [9.17, 15) is 18.3 Å². The maximum atomic E-state index is 13.3. The topological polar surface area (TPSA) is 118 Å². The number of likely N-dealkylation sites (N-methyl/N-ethyl adjacent to an activating group) is 1. The number of aromatic nitrogens is 1. The summed E-state index contributed by atoms with van der Waals surface area (Å²) < 4.78 is 39.8. The summed E-state index contributed by atoms with van der Waals surface area (Å²) in [5, 5.41) is 11.9. The van der Waals surface area contributed by atoms with Crippen LogP contribution in [0.3, 0.4) is 0 Å². The van der Waals surface area contributed by atoms with Gasteiger partial charge in [0.25, 0.3) is 10.0 Å². The second-order valence-corrected chi connectivity index (χ2v) is 13.8. The number of thiazole rings is 1. The van der Waals surface area contributed by atoms with Gasteiger partial charge >= 0.3 is 0 Å². The molecule has 2 N–H and O–H groups in total. The summed E-state index contributed by atoms with van der Waals surface area (Å²) >= 11 is 1.34. The number of amides is 1. The second kappa shape index (κ2) is 11.1. The lowest BCUT2D eigenvalue weighted by molar-refractivity contribution is -0.143. The number of methoxy groups -OCH3 is 2. The van der Waals surface area contributed by atoms with Crippen molar-refractivity contribution in [3.05, 3.63) is 41.4 Å². The fourth-order valence-corrected chi connectivity index (χ4v) is 9.25. The van der Waals surface area contributed by atoms with Crippen molar-refractivity contribution in [1.82, 2.24) is 9.88 Å². The molecule has 0 bridgehead atoms. The molecule has 1 aromatic heterocycles. The largest absolute Gasteiger partial charge is 0.497 e. The molecule has 1 aromatic carbocycles. The van der Waals surface area contributed by atoms with Crippen molar-refractivity contribution in [1.29, 1.82) is 0 Å². The summed E-state index contributed by atoms with van der Waals surface area (Å²) in [7, 11) is 0.636. The van der Waals surface area contributed by atoms with Gasteiger partial charge in [-0.05, 0) is 48.6 Å². The Labute approximate surface area is 235 Å². The molecule has 1 amide bonds. The molecule has 2 aliphatic rings. The zero-order valence-corrected chi connectivity index (χ0v) is 25.1. The number of carbonyl (C=O) groups is 1. The summed E-state index contributed by atoms with van der Waals surface area (Å²) in [6, 6.07) is 4.60. The number of rotatable bonds is 9. The van der Waals surface area contributed by atoms with Crippen LogP contribution in [0, 0.1) is 23.2 Å². The number of aliphatic hydroxyl groups is 1. The van der Waals surface area contributed by atoms with Gasteiger partial charge in [0, 0.05) is 36.4 Å². The van der Waals surface area contributed by atoms with Gasteiger partial charge in [-0.3, -0.25) is 9.52 Å². The van der Waals surface area contributed by atoms with Crippen LogP contribution in [0.2, 0.25) is 0 Å². The van der Waals surface area contributed by atoms with Gasteiger partial charge in [0.2, 0.25) is 5.91 Å². The van der Waals surface area contributed by atoms with Crippen molar-refractivity contribution < 1.29 is 27.8 Å². The molecule has 0 radical (unpaired) electrons. The molecular weight excluding hydrogens is 538 g/mol. The van der Waals surface area contributed by atoms with E-state index in [1.165, 1.54) is 31.6 Å². The van der Waals surface area contributed by atoms with Gasteiger partial charge in [-0.25, -0.2) is 13.4 Å². The molecule has 6 unspecified atom stereocenters. The lowest BCUT2D eigenvalue weighted by Crippen LogP contribution is -2.53. The number of aliphatic hydroxyl groups excluding tert-OH is 1. The zero-order chi connectivity index (χ0) is 28.7. The van der Waals surface area contributed by atoms with E-state index in [4.69, 9.17) is 14.5 Å². The Bertz CT molecular complexity index is 1340. The monoisotopic (exact) mass is 577 g/mol. The van der Waals surface area contributed by atoms with E-state index in [1.807, 2.05) is 13.8 Å². The van der Waals surface area contributed by atoms with Crippen LogP contribution in [0.4, 0.5) is 5.13 Å². The minimum atomic E-state index is -4.01. The van der Waals surface area contributed by atoms with Crippen LogP contribution >= 0.6 is 11.3 Å². The molecular formula is C28H39N3O6S2. The molecule has 4 rings (SSSR count). The van der Waals surface area contributed by atoms with Crippen LogP contribution in [-0.4, -0.2) is 63.2 Å². The predicted octanol–water partition coefficient (Wildman–Crippen LogP) is 4.29. The molecule has 2 aliphatic carbocycles. The number of anilines is 1. The van der Waals surface area contributed by atoms with Crippen molar-refractivity contribution in [3.8, 4) is 11.5 Å².